The summed E-state index contributed by atoms with van der Waals surface area (Å²) >= 11 is 0. The van der Waals surface area contributed by atoms with Crippen LogP contribution in [0.4, 0.5) is 4.79 Å². The molecule has 0 aliphatic heterocycles. The molecule has 1 rings (SSSR count). The van der Waals surface area contributed by atoms with Crippen molar-refractivity contribution in [1.82, 2.24) is 5.32 Å². The highest BCUT2D eigenvalue weighted by atomic mass is 16.6. The number of benzene rings is 1. The van der Waals surface area contributed by atoms with Crippen molar-refractivity contribution in [1.29, 1.82) is 0 Å². The predicted molar refractivity (Wildman–Crippen MR) is 77.0 cm³/mol. The summed E-state index contributed by atoms with van der Waals surface area (Å²) in [5, 5.41) is 12.0. The fourth-order valence-corrected chi connectivity index (χ4v) is 1.40. The van der Waals surface area contributed by atoms with E-state index in [1.165, 1.54) is 0 Å². The Labute approximate surface area is 124 Å². The standard InChI is InChI=1S/C15H21NO5/c1-15(2,3)21-14(19)16-9-12(17)10-20-13(18)11-7-5-4-6-8-11/h4-8,12,17H,9-10H2,1-3H3,(H,16,19). The summed E-state index contributed by atoms with van der Waals surface area (Å²) in [6, 6.07) is 8.46. The van der Waals surface area contributed by atoms with Gasteiger partial charge in [-0.2, -0.15) is 0 Å². The van der Waals surface area contributed by atoms with Crippen LogP contribution in [0.3, 0.4) is 0 Å². The van der Waals surface area contributed by atoms with E-state index in [0.29, 0.717) is 5.56 Å². The molecule has 0 spiro atoms. The van der Waals surface area contributed by atoms with E-state index in [4.69, 9.17) is 9.47 Å². The summed E-state index contributed by atoms with van der Waals surface area (Å²) in [7, 11) is 0. The van der Waals surface area contributed by atoms with Crippen LogP contribution in [-0.4, -0.2) is 42.0 Å². The zero-order valence-electron chi connectivity index (χ0n) is 12.5. The monoisotopic (exact) mass is 295 g/mol. The van der Waals surface area contributed by atoms with Crippen molar-refractivity contribution in [2.75, 3.05) is 13.2 Å². The summed E-state index contributed by atoms with van der Waals surface area (Å²) in [6.45, 7) is 4.96. The van der Waals surface area contributed by atoms with E-state index in [9.17, 15) is 14.7 Å². The molecule has 0 saturated carbocycles. The molecule has 0 heterocycles. The smallest absolute Gasteiger partial charge is 0.407 e. The normalized spacial score (nSPS) is 12.4. The topological polar surface area (TPSA) is 84.9 Å². The Hall–Kier alpha value is -2.08. The first-order valence-corrected chi connectivity index (χ1v) is 6.65. The molecule has 6 heteroatoms. The minimum Gasteiger partial charge on any atom is -0.459 e. The van der Waals surface area contributed by atoms with Crippen molar-refractivity contribution in [3.8, 4) is 0 Å². The molecule has 1 unspecified atom stereocenters. The van der Waals surface area contributed by atoms with Gasteiger partial charge in [-0.1, -0.05) is 18.2 Å². The van der Waals surface area contributed by atoms with Gasteiger partial charge in [-0.15, -0.1) is 0 Å². The van der Waals surface area contributed by atoms with Crippen molar-refractivity contribution in [2.24, 2.45) is 0 Å². The number of alkyl carbamates (subject to hydrolysis) is 1. The fraction of sp³-hybridized carbons (Fsp3) is 0.467. The average Bonchev–Trinajstić information content (AvgIpc) is 2.41. The van der Waals surface area contributed by atoms with Crippen LogP contribution in [-0.2, 0) is 9.47 Å². The minimum atomic E-state index is -0.995. The van der Waals surface area contributed by atoms with Gasteiger partial charge in [-0.3, -0.25) is 0 Å². The van der Waals surface area contributed by atoms with E-state index in [1.54, 1.807) is 51.1 Å². The predicted octanol–water partition coefficient (Wildman–Crippen LogP) is 1.73. The molecule has 0 fully saturated rings. The number of aliphatic hydroxyl groups is 1. The molecule has 1 aromatic carbocycles. The lowest BCUT2D eigenvalue weighted by atomic mass is 10.2. The molecular weight excluding hydrogens is 274 g/mol. The van der Waals surface area contributed by atoms with Gasteiger partial charge in [0.1, 0.15) is 18.3 Å². The highest BCUT2D eigenvalue weighted by Crippen LogP contribution is 2.06. The number of ether oxygens (including phenoxy) is 2. The molecule has 6 nitrogen and oxygen atoms in total. The number of hydrogen-bond donors (Lipinski definition) is 2. The Morgan fingerprint density at radius 3 is 2.43 bits per heavy atom. The second-order valence-corrected chi connectivity index (χ2v) is 5.50. The maximum atomic E-state index is 11.6. The van der Waals surface area contributed by atoms with Gasteiger partial charge in [0, 0.05) is 0 Å². The SMILES string of the molecule is CC(C)(C)OC(=O)NCC(O)COC(=O)c1ccccc1. The largest absolute Gasteiger partial charge is 0.459 e. The van der Waals surface area contributed by atoms with Crippen molar-refractivity contribution >= 4 is 12.1 Å². The van der Waals surface area contributed by atoms with Gasteiger partial charge in [0.05, 0.1) is 12.1 Å². The number of carbonyl (C=O) groups is 2. The first kappa shape index (κ1) is 17.0. The lowest BCUT2D eigenvalue weighted by Gasteiger charge is -2.20. The van der Waals surface area contributed by atoms with E-state index >= 15 is 0 Å². The van der Waals surface area contributed by atoms with Gasteiger partial charge in [0.2, 0.25) is 0 Å². The Balaban J connectivity index is 2.27. The fourth-order valence-electron chi connectivity index (χ4n) is 1.40. The second kappa shape index (κ2) is 7.64. The van der Waals surface area contributed by atoms with Gasteiger partial charge >= 0.3 is 12.1 Å². The third kappa shape index (κ3) is 7.31. The molecule has 2 N–H and O–H groups in total. The van der Waals surface area contributed by atoms with Gasteiger partial charge in [-0.05, 0) is 32.9 Å². The number of rotatable bonds is 5. The average molecular weight is 295 g/mol. The highest BCUT2D eigenvalue weighted by molar-refractivity contribution is 5.89. The number of amides is 1. The number of hydrogen-bond acceptors (Lipinski definition) is 5. The number of aliphatic hydroxyl groups excluding tert-OH is 1. The van der Waals surface area contributed by atoms with Gasteiger partial charge in [0.25, 0.3) is 0 Å². The molecule has 0 aromatic heterocycles. The summed E-state index contributed by atoms with van der Waals surface area (Å²) in [6.07, 6.45) is -1.62. The second-order valence-electron chi connectivity index (χ2n) is 5.50. The Morgan fingerprint density at radius 1 is 1.24 bits per heavy atom. The Bertz CT molecular complexity index is 467. The van der Waals surface area contributed by atoms with Crippen molar-refractivity contribution < 1.29 is 24.2 Å². The van der Waals surface area contributed by atoms with Crippen LogP contribution in [0.15, 0.2) is 30.3 Å². The van der Waals surface area contributed by atoms with Crippen LogP contribution in [0.5, 0.6) is 0 Å². The quantitative estimate of drug-likeness (QED) is 0.808. The summed E-state index contributed by atoms with van der Waals surface area (Å²) in [5.74, 6) is -0.521. The van der Waals surface area contributed by atoms with Crippen LogP contribution >= 0.6 is 0 Å². The summed E-state index contributed by atoms with van der Waals surface area (Å²) in [4.78, 5) is 23.0. The number of nitrogens with one attached hydrogen (secondary N) is 1. The van der Waals surface area contributed by atoms with E-state index < -0.39 is 23.8 Å². The minimum absolute atomic E-state index is 0.0585. The zero-order chi connectivity index (χ0) is 15.9. The van der Waals surface area contributed by atoms with Crippen LogP contribution in [0.2, 0.25) is 0 Å². The van der Waals surface area contributed by atoms with Gasteiger partial charge in [0.15, 0.2) is 0 Å². The molecule has 0 aliphatic rings. The van der Waals surface area contributed by atoms with Gasteiger partial charge < -0.3 is 19.9 Å². The molecule has 1 atom stereocenters. The molecule has 1 aromatic rings. The van der Waals surface area contributed by atoms with E-state index in [1.807, 2.05) is 0 Å². The van der Waals surface area contributed by atoms with E-state index in [2.05, 4.69) is 5.32 Å². The Morgan fingerprint density at radius 2 is 1.86 bits per heavy atom. The van der Waals surface area contributed by atoms with Crippen molar-refractivity contribution in [3.63, 3.8) is 0 Å². The first-order chi connectivity index (χ1) is 9.78. The lowest BCUT2D eigenvalue weighted by molar-refractivity contribution is 0.0230. The van der Waals surface area contributed by atoms with Crippen molar-refractivity contribution in [2.45, 2.75) is 32.5 Å². The van der Waals surface area contributed by atoms with Crippen molar-refractivity contribution in [3.05, 3.63) is 35.9 Å². The highest BCUT2D eigenvalue weighted by Gasteiger charge is 2.17. The van der Waals surface area contributed by atoms with Crippen LogP contribution in [0.1, 0.15) is 31.1 Å². The maximum Gasteiger partial charge on any atom is 0.407 e. The molecule has 0 bridgehead atoms. The molecule has 0 saturated heterocycles. The number of carbonyl (C=O) groups excluding carboxylic acids is 2. The maximum absolute atomic E-state index is 11.6. The zero-order valence-corrected chi connectivity index (χ0v) is 12.5. The van der Waals surface area contributed by atoms with Crippen LogP contribution < -0.4 is 5.32 Å². The van der Waals surface area contributed by atoms with Gasteiger partial charge in [-0.25, -0.2) is 9.59 Å². The van der Waals surface area contributed by atoms with E-state index in [0.717, 1.165) is 0 Å². The van der Waals surface area contributed by atoms with E-state index in [-0.39, 0.29) is 13.2 Å². The Kier molecular flexibility index (Phi) is 6.17. The summed E-state index contributed by atoms with van der Waals surface area (Å²) in [5.41, 5.74) is -0.195. The van der Waals surface area contributed by atoms with Crippen LogP contribution in [0, 0.1) is 0 Å². The molecule has 0 radical (unpaired) electrons. The molecule has 0 aliphatic carbocycles. The third-order valence-corrected chi connectivity index (χ3v) is 2.30. The molecular formula is C15H21NO5. The first-order valence-electron chi connectivity index (χ1n) is 6.65. The molecule has 116 valence electrons. The lowest BCUT2D eigenvalue weighted by Crippen LogP contribution is -2.38. The number of esters is 1. The summed E-state index contributed by atoms with van der Waals surface area (Å²) < 4.78 is 9.96. The molecule has 1 amide bonds. The molecule has 21 heavy (non-hydrogen) atoms. The van der Waals surface area contributed by atoms with Crippen LogP contribution in [0.25, 0.3) is 0 Å². The third-order valence-electron chi connectivity index (χ3n) is 2.30.